The Labute approximate surface area is 169 Å². The van der Waals surface area contributed by atoms with E-state index in [1.165, 1.54) is 49.0 Å². The van der Waals surface area contributed by atoms with Crippen LogP contribution in [-0.4, -0.2) is 22.1 Å². The molecule has 1 amide bonds. The molecule has 5 nitrogen and oxygen atoms in total. The fourth-order valence-corrected chi connectivity index (χ4v) is 4.28. The van der Waals surface area contributed by atoms with Gasteiger partial charge in [0.2, 0.25) is 5.13 Å². The topological polar surface area (TPSA) is 66.9 Å². The first kappa shape index (κ1) is 18.6. The number of nitrogens with one attached hydrogen (secondary N) is 2. The van der Waals surface area contributed by atoms with E-state index in [9.17, 15) is 4.79 Å². The van der Waals surface area contributed by atoms with Crippen LogP contribution in [0, 0.1) is 0 Å². The van der Waals surface area contributed by atoms with E-state index in [1.54, 1.807) is 0 Å². The molecule has 1 fully saturated rings. The van der Waals surface area contributed by atoms with E-state index in [0.29, 0.717) is 16.7 Å². The van der Waals surface area contributed by atoms with Gasteiger partial charge in [-0.25, -0.2) is 0 Å². The molecule has 1 aliphatic carbocycles. The minimum Gasteiger partial charge on any atom is -0.382 e. The van der Waals surface area contributed by atoms with Gasteiger partial charge in [-0.05, 0) is 42.7 Å². The third kappa shape index (κ3) is 4.95. The van der Waals surface area contributed by atoms with E-state index < -0.39 is 0 Å². The number of carbonyl (C=O) groups excluding carboxylic acids is 1. The molecule has 0 unspecified atom stereocenters. The summed E-state index contributed by atoms with van der Waals surface area (Å²) in [5.74, 6) is -0.161. The molecule has 2 aromatic carbocycles. The van der Waals surface area contributed by atoms with E-state index >= 15 is 0 Å². The van der Waals surface area contributed by atoms with Gasteiger partial charge < -0.3 is 5.32 Å². The van der Waals surface area contributed by atoms with Crippen molar-refractivity contribution in [2.45, 2.75) is 44.6 Å². The number of rotatable bonds is 6. The predicted molar refractivity (Wildman–Crippen MR) is 114 cm³/mol. The lowest BCUT2D eigenvalue weighted by atomic mass is 9.95. The number of carbonyl (C=O) groups is 1. The number of hydrogen-bond acceptors (Lipinski definition) is 5. The smallest absolute Gasteiger partial charge is 0.257 e. The fourth-order valence-electron chi connectivity index (χ4n) is 3.52. The Morgan fingerprint density at radius 2 is 1.71 bits per heavy atom. The Morgan fingerprint density at radius 1 is 0.964 bits per heavy atom. The van der Waals surface area contributed by atoms with Crippen molar-refractivity contribution < 1.29 is 4.79 Å². The van der Waals surface area contributed by atoms with E-state index in [0.717, 1.165) is 17.1 Å². The van der Waals surface area contributed by atoms with Crippen LogP contribution in [-0.2, 0) is 6.42 Å². The van der Waals surface area contributed by atoms with Crippen LogP contribution in [0.5, 0.6) is 0 Å². The first-order valence-electron chi connectivity index (χ1n) is 9.80. The van der Waals surface area contributed by atoms with Crippen molar-refractivity contribution in [2.75, 3.05) is 10.6 Å². The summed E-state index contributed by atoms with van der Waals surface area (Å²) < 4.78 is 0. The molecule has 0 atom stereocenters. The van der Waals surface area contributed by atoms with Crippen LogP contribution >= 0.6 is 11.3 Å². The van der Waals surface area contributed by atoms with Gasteiger partial charge in [-0.15, -0.1) is 10.2 Å². The van der Waals surface area contributed by atoms with Crippen molar-refractivity contribution >= 4 is 28.1 Å². The van der Waals surface area contributed by atoms with Gasteiger partial charge in [0.05, 0.1) is 0 Å². The SMILES string of the molecule is O=C(Nc1nnc(Cc2ccccc2)s1)c1ccc(NC2CCCCC2)cc1. The van der Waals surface area contributed by atoms with E-state index in [2.05, 4.69) is 33.0 Å². The molecule has 0 aliphatic heterocycles. The molecule has 0 spiro atoms. The number of hydrogen-bond donors (Lipinski definition) is 2. The molecular weight excluding hydrogens is 368 g/mol. The number of benzene rings is 2. The van der Waals surface area contributed by atoms with Gasteiger partial charge in [0.15, 0.2) is 0 Å². The van der Waals surface area contributed by atoms with Crippen LogP contribution in [0.1, 0.15) is 53.0 Å². The third-order valence-electron chi connectivity index (χ3n) is 5.01. The highest BCUT2D eigenvalue weighted by atomic mass is 32.1. The quantitative estimate of drug-likeness (QED) is 0.610. The molecule has 144 valence electrons. The molecule has 1 aromatic heterocycles. The summed E-state index contributed by atoms with van der Waals surface area (Å²) in [7, 11) is 0. The first-order valence-corrected chi connectivity index (χ1v) is 10.6. The monoisotopic (exact) mass is 392 g/mol. The lowest BCUT2D eigenvalue weighted by molar-refractivity contribution is 0.102. The number of amides is 1. The zero-order chi connectivity index (χ0) is 19.2. The minimum atomic E-state index is -0.161. The highest BCUT2D eigenvalue weighted by Gasteiger charge is 2.14. The molecule has 0 radical (unpaired) electrons. The summed E-state index contributed by atoms with van der Waals surface area (Å²) in [6.07, 6.45) is 7.11. The second-order valence-corrected chi connectivity index (χ2v) is 8.24. The predicted octanol–water partition coefficient (Wildman–Crippen LogP) is 5.13. The Morgan fingerprint density at radius 3 is 2.46 bits per heavy atom. The van der Waals surface area contributed by atoms with Crippen LogP contribution < -0.4 is 10.6 Å². The molecule has 28 heavy (non-hydrogen) atoms. The summed E-state index contributed by atoms with van der Waals surface area (Å²) in [6, 6.07) is 18.3. The number of aromatic nitrogens is 2. The third-order valence-corrected chi connectivity index (χ3v) is 5.85. The first-order chi connectivity index (χ1) is 13.8. The molecule has 0 saturated heterocycles. The molecule has 1 heterocycles. The van der Waals surface area contributed by atoms with Crippen molar-refractivity contribution in [3.8, 4) is 0 Å². The molecule has 2 N–H and O–H groups in total. The fraction of sp³-hybridized carbons (Fsp3) is 0.318. The summed E-state index contributed by atoms with van der Waals surface area (Å²) in [5.41, 5.74) is 2.87. The number of nitrogens with zero attached hydrogens (tertiary/aromatic N) is 2. The van der Waals surface area contributed by atoms with Crippen LogP contribution in [0.3, 0.4) is 0 Å². The Hall–Kier alpha value is -2.73. The molecule has 3 aromatic rings. The Kier molecular flexibility index (Phi) is 5.97. The van der Waals surface area contributed by atoms with Crippen molar-refractivity contribution in [1.82, 2.24) is 10.2 Å². The standard InChI is InChI=1S/C22H24N4OS/c27-21(17-11-13-19(14-12-17)23-18-9-5-2-6-10-18)24-22-26-25-20(28-22)15-16-7-3-1-4-8-16/h1,3-4,7-8,11-14,18,23H,2,5-6,9-10,15H2,(H,24,26,27). The van der Waals surface area contributed by atoms with Gasteiger partial charge in [-0.1, -0.05) is 60.9 Å². The second-order valence-electron chi connectivity index (χ2n) is 7.17. The number of anilines is 2. The maximum Gasteiger partial charge on any atom is 0.257 e. The average molecular weight is 393 g/mol. The lowest BCUT2D eigenvalue weighted by Gasteiger charge is -2.23. The summed E-state index contributed by atoms with van der Waals surface area (Å²) in [5, 5.41) is 16.1. The second kappa shape index (κ2) is 8.97. The van der Waals surface area contributed by atoms with Gasteiger partial charge in [-0.2, -0.15) is 0 Å². The normalized spacial score (nSPS) is 14.6. The maximum absolute atomic E-state index is 12.5. The Balaban J connectivity index is 1.33. The van der Waals surface area contributed by atoms with Gasteiger partial charge in [0.1, 0.15) is 5.01 Å². The van der Waals surface area contributed by atoms with Crippen molar-refractivity contribution in [3.63, 3.8) is 0 Å². The zero-order valence-corrected chi connectivity index (χ0v) is 16.5. The minimum absolute atomic E-state index is 0.161. The maximum atomic E-state index is 12.5. The van der Waals surface area contributed by atoms with Crippen molar-refractivity contribution in [2.24, 2.45) is 0 Å². The van der Waals surface area contributed by atoms with E-state index in [-0.39, 0.29) is 5.91 Å². The van der Waals surface area contributed by atoms with E-state index in [1.807, 2.05) is 42.5 Å². The summed E-state index contributed by atoms with van der Waals surface area (Å²) >= 11 is 1.41. The molecule has 1 aliphatic rings. The van der Waals surface area contributed by atoms with Crippen molar-refractivity contribution in [3.05, 3.63) is 70.7 Å². The van der Waals surface area contributed by atoms with Crippen molar-refractivity contribution in [1.29, 1.82) is 0 Å². The molecule has 4 rings (SSSR count). The van der Waals surface area contributed by atoms with Gasteiger partial charge in [0.25, 0.3) is 5.91 Å². The highest BCUT2D eigenvalue weighted by Crippen LogP contribution is 2.23. The summed E-state index contributed by atoms with van der Waals surface area (Å²) in [6.45, 7) is 0. The Bertz CT molecular complexity index is 902. The molecular formula is C22H24N4OS. The van der Waals surface area contributed by atoms with Gasteiger partial charge in [-0.3, -0.25) is 10.1 Å². The van der Waals surface area contributed by atoms with Gasteiger partial charge in [0, 0.05) is 23.7 Å². The molecule has 1 saturated carbocycles. The average Bonchev–Trinajstić information content (AvgIpc) is 3.17. The lowest BCUT2D eigenvalue weighted by Crippen LogP contribution is -2.22. The molecule has 0 bridgehead atoms. The van der Waals surface area contributed by atoms with Crippen LogP contribution in [0.4, 0.5) is 10.8 Å². The van der Waals surface area contributed by atoms with Gasteiger partial charge >= 0.3 is 0 Å². The van der Waals surface area contributed by atoms with Crippen LogP contribution in [0.15, 0.2) is 54.6 Å². The van der Waals surface area contributed by atoms with Crippen LogP contribution in [0.2, 0.25) is 0 Å². The summed E-state index contributed by atoms with van der Waals surface area (Å²) in [4.78, 5) is 12.5. The zero-order valence-electron chi connectivity index (χ0n) is 15.7. The largest absolute Gasteiger partial charge is 0.382 e. The van der Waals surface area contributed by atoms with E-state index in [4.69, 9.17) is 0 Å². The molecule has 6 heteroatoms. The van der Waals surface area contributed by atoms with Crippen LogP contribution in [0.25, 0.3) is 0 Å². The highest BCUT2D eigenvalue weighted by molar-refractivity contribution is 7.15.